The molecule has 0 fully saturated rings. The van der Waals surface area contributed by atoms with Crippen molar-refractivity contribution in [2.75, 3.05) is 10.7 Å². The number of nitrogens with one attached hydrogen (secondary N) is 2. The van der Waals surface area contributed by atoms with Crippen LogP contribution in [0.5, 0.6) is 0 Å². The Bertz CT molecular complexity index is 888. The summed E-state index contributed by atoms with van der Waals surface area (Å²) in [4.78, 5) is 8.80. The van der Waals surface area contributed by atoms with E-state index >= 15 is 0 Å². The van der Waals surface area contributed by atoms with E-state index < -0.39 is 5.79 Å². The Kier molecular flexibility index (Phi) is 3.09. The van der Waals surface area contributed by atoms with Gasteiger partial charge in [0.1, 0.15) is 5.82 Å². The lowest BCUT2D eigenvalue weighted by Gasteiger charge is -2.25. The van der Waals surface area contributed by atoms with Crippen molar-refractivity contribution in [3.8, 4) is 0 Å². The van der Waals surface area contributed by atoms with E-state index in [-0.39, 0.29) is 0 Å². The van der Waals surface area contributed by atoms with Crippen molar-refractivity contribution in [1.82, 2.24) is 9.66 Å². The van der Waals surface area contributed by atoms with Crippen molar-refractivity contribution in [2.45, 2.75) is 5.79 Å². The first-order valence-corrected chi connectivity index (χ1v) is 7.33. The fourth-order valence-corrected chi connectivity index (χ4v) is 2.58. The quantitative estimate of drug-likeness (QED) is 0.675. The Hall–Kier alpha value is -3.12. The number of benzene rings is 1. The van der Waals surface area contributed by atoms with Crippen LogP contribution in [-0.2, 0) is 5.79 Å². The number of rotatable bonds is 2. The number of hydrogen-bond donors (Lipinski definition) is 3. The van der Waals surface area contributed by atoms with Crippen LogP contribution in [0.4, 0.5) is 11.6 Å². The third-order valence-corrected chi connectivity index (χ3v) is 3.69. The summed E-state index contributed by atoms with van der Waals surface area (Å²) in [5.74, 6) is 0.599. The summed E-state index contributed by atoms with van der Waals surface area (Å²) < 4.78 is 1.84. The molecule has 0 saturated heterocycles. The molecular weight excluding hydrogens is 288 g/mol. The Morgan fingerprint density at radius 1 is 0.957 bits per heavy atom. The minimum Gasteiger partial charge on any atom is -0.330 e. The van der Waals surface area contributed by atoms with Crippen LogP contribution < -0.4 is 22.0 Å². The predicted octanol–water partition coefficient (Wildman–Crippen LogP) is 1.85. The number of nitrogens with two attached hydrogens (primary N) is 1. The summed E-state index contributed by atoms with van der Waals surface area (Å²) in [6.07, 6.45) is 1.72. The Labute approximate surface area is 133 Å². The minimum absolute atomic E-state index is 0.643. The lowest BCUT2D eigenvalue weighted by atomic mass is 10.1. The average molecular weight is 304 g/mol. The van der Waals surface area contributed by atoms with E-state index in [1.165, 1.54) is 0 Å². The first-order valence-electron chi connectivity index (χ1n) is 7.33. The van der Waals surface area contributed by atoms with Crippen molar-refractivity contribution in [3.05, 3.63) is 84.0 Å². The van der Waals surface area contributed by atoms with Crippen molar-refractivity contribution < 1.29 is 0 Å². The standard InChI is InChI=1S/C17H16N6/c18-17(13-7-2-1-3-8-13)21-16-11-6-10-15(23(16)22-17)20-14-9-4-5-12-19-14/h1-12,21-22H,18H2. The fourth-order valence-electron chi connectivity index (χ4n) is 2.58. The zero-order chi connectivity index (χ0) is 15.7. The summed E-state index contributed by atoms with van der Waals surface area (Å²) in [6, 6.07) is 21.2. The van der Waals surface area contributed by atoms with Gasteiger partial charge in [0.05, 0.1) is 0 Å². The molecule has 6 nitrogen and oxygen atoms in total. The van der Waals surface area contributed by atoms with Gasteiger partial charge in [-0.1, -0.05) is 42.5 Å². The first kappa shape index (κ1) is 13.5. The highest BCUT2D eigenvalue weighted by molar-refractivity contribution is 5.49. The van der Waals surface area contributed by atoms with Crippen molar-refractivity contribution in [3.63, 3.8) is 0 Å². The van der Waals surface area contributed by atoms with Gasteiger partial charge in [0, 0.05) is 11.8 Å². The molecule has 1 atom stereocenters. The van der Waals surface area contributed by atoms with Crippen molar-refractivity contribution in [2.24, 2.45) is 10.7 Å². The number of nitrogens with zero attached hydrogens (tertiary/aromatic N) is 3. The number of aromatic nitrogens is 2. The van der Waals surface area contributed by atoms with Crippen LogP contribution in [0.2, 0.25) is 0 Å². The first-order chi connectivity index (χ1) is 11.2. The summed E-state index contributed by atoms with van der Waals surface area (Å²) in [7, 11) is 0. The maximum Gasteiger partial charge on any atom is 0.204 e. The molecule has 3 heterocycles. The molecular formula is C17H16N6. The Morgan fingerprint density at radius 3 is 2.57 bits per heavy atom. The van der Waals surface area contributed by atoms with Crippen molar-refractivity contribution in [1.29, 1.82) is 0 Å². The summed E-state index contributed by atoms with van der Waals surface area (Å²) in [5.41, 5.74) is 11.4. The summed E-state index contributed by atoms with van der Waals surface area (Å²) in [5, 5.41) is 3.30. The molecule has 0 saturated carbocycles. The van der Waals surface area contributed by atoms with Crippen LogP contribution in [0.25, 0.3) is 0 Å². The lowest BCUT2D eigenvalue weighted by molar-refractivity contribution is 0.564. The molecule has 0 amide bonds. The molecule has 4 N–H and O–H groups in total. The molecule has 1 aliphatic heterocycles. The zero-order valence-corrected chi connectivity index (χ0v) is 12.3. The monoisotopic (exact) mass is 304 g/mol. The maximum absolute atomic E-state index is 6.49. The van der Waals surface area contributed by atoms with Gasteiger partial charge in [-0.3, -0.25) is 11.2 Å². The van der Waals surface area contributed by atoms with Gasteiger partial charge in [-0.15, -0.1) is 0 Å². The highest BCUT2D eigenvalue weighted by atomic mass is 15.6. The average Bonchev–Trinajstić information content (AvgIpc) is 2.96. The van der Waals surface area contributed by atoms with E-state index in [0.29, 0.717) is 5.82 Å². The molecule has 1 aliphatic rings. The Balaban J connectivity index is 1.78. The van der Waals surface area contributed by atoms with Crippen LogP contribution in [0.15, 0.2) is 77.9 Å². The molecule has 1 unspecified atom stereocenters. The van der Waals surface area contributed by atoms with Gasteiger partial charge < -0.3 is 5.32 Å². The van der Waals surface area contributed by atoms with Gasteiger partial charge in [0.2, 0.25) is 5.79 Å². The summed E-state index contributed by atoms with van der Waals surface area (Å²) in [6.45, 7) is 0. The second-order valence-corrected chi connectivity index (χ2v) is 5.32. The van der Waals surface area contributed by atoms with Gasteiger partial charge in [0.15, 0.2) is 11.3 Å². The molecule has 114 valence electrons. The molecule has 0 spiro atoms. The van der Waals surface area contributed by atoms with Crippen molar-refractivity contribution >= 4 is 11.6 Å². The van der Waals surface area contributed by atoms with Gasteiger partial charge in [-0.2, -0.15) is 0 Å². The van der Waals surface area contributed by atoms with E-state index in [4.69, 9.17) is 5.73 Å². The fraction of sp³-hybridized carbons (Fsp3) is 0.0588. The molecule has 6 heteroatoms. The van der Waals surface area contributed by atoms with Crippen LogP contribution in [-0.4, -0.2) is 9.66 Å². The molecule has 3 aromatic rings. The molecule has 23 heavy (non-hydrogen) atoms. The smallest absolute Gasteiger partial charge is 0.204 e. The molecule has 0 aliphatic carbocycles. The second kappa shape index (κ2) is 5.26. The lowest BCUT2D eigenvalue weighted by Crippen LogP contribution is -2.50. The number of fused-ring (bicyclic) bond motifs is 1. The molecule has 0 radical (unpaired) electrons. The zero-order valence-electron chi connectivity index (χ0n) is 12.3. The number of pyridine rings is 2. The normalized spacial score (nSPS) is 19.8. The van der Waals surface area contributed by atoms with E-state index in [1.807, 2.05) is 71.4 Å². The van der Waals surface area contributed by atoms with E-state index in [2.05, 4.69) is 20.7 Å². The third-order valence-electron chi connectivity index (χ3n) is 3.69. The van der Waals surface area contributed by atoms with Gasteiger partial charge in [-0.25, -0.2) is 14.7 Å². The number of hydrogen-bond acceptors (Lipinski definition) is 5. The van der Waals surface area contributed by atoms with Crippen LogP contribution in [0, 0.1) is 0 Å². The SMILES string of the molecule is NC1(c2ccccc2)Nc2cccc(=Nc3ccccn3)n2N1. The summed E-state index contributed by atoms with van der Waals surface area (Å²) >= 11 is 0. The van der Waals surface area contributed by atoms with Crippen LogP contribution in [0.1, 0.15) is 5.56 Å². The second-order valence-electron chi connectivity index (χ2n) is 5.32. The van der Waals surface area contributed by atoms with Gasteiger partial charge >= 0.3 is 0 Å². The minimum atomic E-state index is -0.885. The molecule has 4 rings (SSSR count). The topological polar surface area (TPSA) is 80.3 Å². The molecule has 0 bridgehead atoms. The molecule has 2 aromatic heterocycles. The Morgan fingerprint density at radius 2 is 1.78 bits per heavy atom. The molecule has 1 aromatic carbocycles. The third kappa shape index (κ3) is 2.45. The highest BCUT2D eigenvalue weighted by Crippen LogP contribution is 2.24. The maximum atomic E-state index is 6.49. The predicted molar refractivity (Wildman–Crippen MR) is 89.2 cm³/mol. The van der Waals surface area contributed by atoms with E-state index in [1.54, 1.807) is 6.20 Å². The van der Waals surface area contributed by atoms with Crippen LogP contribution >= 0.6 is 0 Å². The van der Waals surface area contributed by atoms with E-state index in [9.17, 15) is 0 Å². The number of anilines is 1. The van der Waals surface area contributed by atoms with Crippen LogP contribution in [0.3, 0.4) is 0 Å². The van der Waals surface area contributed by atoms with Gasteiger partial charge in [0.25, 0.3) is 0 Å². The van der Waals surface area contributed by atoms with E-state index in [0.717, 1.165) is 16.9 Å². The highest BCUT2D eigenvalue weighted by Gasteiger charge is 2.33. The van der Waals surface area contributed by atoms with Gasteiger partial charge in [-0.05, 0) is 24.3 Å². The largest absolute Gasteiger partial charge is 0.330 e.